The molecule has 0 saturated carbocycles. The van der Waals surface area contributed by atoms with E-state index in [1.54, 1.807) is 0 Å². The van der Waals surface area contributed by atoms with Crippen LogP contribution in [0.4, 0.5) is 4.39 Å². The summed E-state index contributed by atoms with van der Waals surface area (Å²) in [5, 5.41) is 8.48. The Morgan fingerprint density at radius 1 is 1.24 bits per heavy atom. The smallest absolute Gasteiger partial charge is 0.239 e. The summed E-state index contributed by atoms with van der Waals surface area (Å²) in [6.45, 7) is 0. The topological polar surface area (TPSA) is 124 Å². The molecule has 1 aromatic heterocycles. The number of nitrogens with zero attached hydrogens (tertiary/aromatic N) is 3. The van der Waals surface area contributed by atoms with Crippen LogP contribution < -0.4 is 9.94 Å². The first-order valence-corrected chi connectivity index (χ1v) is 9.03. The molecule has 12 heteroatoms. The van der Waals surface area contributed by atoms with Crippen molar-refractivity contribution in [2.24, 2.45) is 16.6 Å². The zero-order chi connectivity index (χ0) is 15.8. The van der Waals surface area contributed by atoms with E-state index in [9.17, 15) is 21.2 Å². The second-order valence-corrected chi connectivity index (χ2v) is 8.13. The van der Waals surface area contributed by atoms with E-state index in [0.717, 1.165) is 28.9 Å². The van der Waals surface area contributed by atoms with Gasteiger partial charge in [0.25, 0.3) is 20.0 Å². The third-order valence-electron chi connectivity index (χ3n) is 2.24. The van der Waals surface area contributed by atoms with Crippen molar-refractivity contribution in [3.05, 3.63) is 34.9 Å². The predicted molar refractivity (Wildman–Crippen MR) is 71.6 cm³/mol. The first-order valence-electron chi connectivity index (χ1n) is 5.23. The van der Waals surface area contributed by atoms with Crippen LogP contribution in [-0.2, 0) is 27.1 Å². The van der Waals surface area contributed by atoms with Crippen molar-refractivity contribution in [2.75, 3.05) is 0 Å². The van der Waals surface area contributed by atoms with Crippen LogP contribution in [0.3, 0.4) is 0 Å². The van der Waals surface area contributed by atoms with Crippen LogP contribution in [0, 0.1) is 5.82 Å². The normalized spacial score (nSPS) is 13.6. The van der Waals surface area contributed by atoms with Gasteiger partial charge in [-0.05, 0) is 24.3 Å². The van der Waals surface area contributed by atoms with Gasteiger partial charge in [0, 0.05) is 7.05 Å². The quantitative estimate of drug-likeness (QED) is 0.801. The monoisotopic (exact) mass is 352 g/mol. The number of rotatable bonds is 3. The van der Waals surface area contributed by atoms with Crippen LogP contribution in [0.25, 0.3) is 0 Å². The zero-order valence-corrected chi connectivity index (χ0v) is 12.9. The van der Waals surface area contributed by atoms with E-state index in [-0.39, 0.29) is 9.70 Å². The van der Waals surface area contributed by atoms with Crippen molar-refractivity contribution >= 4 is 31.4 Å². The Morgan fingerprint density at radius 2 is 1.81 bits per heavy atom. The maximum Gasteiger partial charge on any atom is 0.285 e. The molecule has 0 spiro atoms. The standard InChI is InChI=1S/C9H9FN4O4S3/c1-14-8(19-9(12-14)20(11,15)16)13-21(17,18)7-4-2-6(10)3-5-7/h2-5H,1H3,(H2,11,15,16)/b13-8+. The molecule has 0 fully saturated rings. The first-order chi connectivity index (χ1) is 9.59. The lowest BCUT2D eigenvalue weighted by atomic mass is 10.4. The number of halogens is 1. The van der Waals surface area contributed by atoms with Crippen molar-refractivity contribution in [1.29, 1.82) is 0 Å². The summed E-state index contributed by atoms with van der Waals surface area (Å²) in [4.78, 5) is -0.405. The second kappa shape index (κ2) is 5.29. The summed E-state index contributed by atoms with van der Waals surface area (Å²) in [7, 11) is -6.84. The number of benzene rings is 1. The van der Waals surface area contributed by atoms with Gasteiger partial charge < -0.3 is 0 Å². The lowest BCUT2D eigenvalue weighted by Gasteiger charge is -1.97. The van der Waals surface area contributed by atoms with Gasteiger partial charge in [0.2, 0.25) is 9.14 Å². The van der Waals surface area contributed by atoms with E-state index in [2.05, 4.69) is 9.50 Å². The van der Waals surface area contributed by atoms with E-state index in [4.69, 9.17) is 5.14 Å². The fraction of sp³-hybridized carbons (Fsp3) is 0.111. The third-order valence-corrected chi connectivity index (χ3v) is 5.95. The highest BCUT2D eigenvalue weighted by atomic mass is 32.2. The van der Waals surface area contributed by atoms with Crippen molar-refractivity contribution < 1.29 is 21.2 Å². The molecular formula is C9H9FN4O4S3. The van der Waals surface area contributed by atoms with Crippen LogP contribution in [-0.4, -0.2) is 26.6 Å². The van der Waals surface area contributed by atoms with Crippen molar-refractivity contribution in [2.45, 2.75) is 9.24 Å². The van der Waals surface area contributed by atoms with Crippen LogP contribution in [0.15, 0.2) is 37.9 Å². The van der Waals surface area contributed by atoms with Crippen LogP contribution in [0.1, 0.15) is 0 Å². The molecule has 1 aromatic carbocycles. The number of hydrogen-bond acceptors (Lipinski definition) is 6. The van der Waals surface area contributed by atoms with Gasteiger partial charge in [-0.1, -0.05) is 11.3 Å². The molecule has 0 aliphatic heterocycles. The minimum absolute atomic E-state index is 0.177. The minimum Gasteiger partial charge on any atom is -0.239 e. The highest BCUT2D eigenvalue weighted by molar-refractivity contribution is 7.91. The largest absolute Gasteiger partial charge is 0.285 e. The predicted octanol–water partition coefficient (Wildman–Crippen LogP) is -0.442. The zero-order valence-electron chi connectivity index (χ0n) is 10.5. The average Bonchev–Trinajstić information content (AvgIpc) is 2.71. The molecule has 0 unspecified atom stereocenters. The number of aromatic nitrogens is 2. The van der Waals surface area contributed by atoms with Crippen LogP contribution in [0.2, 0.25) is 0 Å². The van der Waals surface area contributed by atoms with Gasteiger partial charge in [0.05, 0.1) is 4.90 Å². The SMILES string of the molecule is Cn1nc(S(N)(=O)=O)s/c1=N/S(=O)(=O)c1ccc(F)cc1. The number of primary sulfonamides is 1. The van der Waals surface area contributed by atoms with E-state index >= 15 is 0 Å². The first kappa shape index (κ1) is 15.8. The summed E-state index contributed by atoms with van der Waals surface area (Å²) in [6.07, 6.45) is 0. The molecule has 0 atom stereocenters. The molecule has 0 saturated heterocycles. The Bertz CT molecular complexity index is 942. The van der Waals surface area contributed by atoms with Gasteiger partial charge in [-0.25, -0.2) is 22.6 Å². The Hall–Kier alpha value is -1.63. The molecule has 21 heavy (non-hydrogen) atoms. The van der Waals surface area contributed by atoms with Gasteiger partial charge in [-0.15, -0.1) is 9.50 Å². The number of sulfonamides is 2. The third kappa shape index (κ3) is 3.53. The van der Waals surface area contributed by atoms with Gasteiger partial charge in [-0.3, -0.25) is 0 Å². The molecule has 0 bridgehead atoms. The summed E-state index contributed by atoms with van der Waals surface area (Å²) >= 11 is 0.510. The fourth-order valence-corrected chi connectivity index (χ4v) is 4.05. The van der Waals surface area contributed by atoms with E-state index < -0.39 is 30.2 Å². The van der Waals surface area contributed by atoms with Crippen molar-refractivity contribution in [3.63, 3.8) is 0 Å². The number of nitrogens with two attached hydrogens (primary N) is 1. The Morgan fingerprint density at radius 3 is 2.29 bits per heavy atom. The van der Waals surface area contributed by atoms with Crippen LogP contribution in [0.5, 0.6) is 0 Å². The van der Waals surface area contributed by atoms with Crippen LogP contribution >= 0.6 is 11.3 Å². The fourth-order valence-electron chi connectivity index (χ4n) is 1.28. The molecule has 0 radical (unpaired) electrons. The Balaban J connectivity index is 2.58. The Labute approximate surface area is 123 Å². The molecular weight excluding hydrogens is 343 g/mol. The molecule has 8 nitrogen and oxygen atoms in total. The van der Waals surface area contributed by atoms with E-state index in [1.807, 2.05) is 0 Å². The molecule has 0 aliphatic rings. The Kier molecular flexibility index (Phi) is 3.97. The van der Waals surface area contributed by atoms with Gasteiger partial charge in [0.15, 0.2) is 0 Å². The maximum atomic E-state index is 12.8. The molecule has 2 rings (SSSR count). The maximum absolute atomic E-state index is 12.8. The average molecular weight is 352 g/mol. The number of hydrogen-bond donors (Lipinski definition) is 1. The summed E-state index contributed by atoms with van der Waals surface area (Å²) in [5.41, 5.74) is 0. The van der Waals surface area contributed by atoms with Crippen molar-refractivity contribution in [1.82, 2.24) is 9.78 Å². The summed E-state index contributed by atoms with van der Waals surface area (Å²) in [6, 6.07) is 4.06. The highest BCUT2D eigenvalue weighted by Gasteiger charge is 2.17. The molecule has 2 N–H and O–H groups in total. The van der Waals surface area contributed by atoms with E-state index in [1.165, 1.54) is 7.05 Å². The molecule has 2 aromatic rings. The van der Waals surface area contributed by atoms with Crippen molar-refractivity contribution in [3.8, 4) is 0 Å². The lowest BCUT2D eigenvalue weighted by molar-refractivity contribution is 0.589. The second-order valence-electron chi connectivity index (χ2n) is 3.84. The van der Waals surface area contributed by atoms with Gasteiger partial charge in [-0.2, -0.15) is 8.42 Å². The molecule has 0 aliphatic carbocycles. The minimum atomic E-state index is -4.11. The van der Waals surface area contributed by atoms with Gasteiger partial charge in [0.1, 0.15) is 5.82 Å². The summed E-state index contributed by atoms with van der Waals surface area (Å²) in [5.74, 6) is -0.589. The molecule has 0 amide bonds. The summed E-state index contributed by atoms with van der Waals surface area (Å²) < 4.78 is 63.1. The lowest BCUT2D eigenvalue weighted by Crippen LogP contribution is -2.15. The number of aryl methyl sites for hydroxylation is 1. The van der Waals surface area contributed by atoms with E-state index in [0.29, 0.717) is 11.3 Å². The molecule has 1 heterocycles. The van der Waals surface area contributed by atoms with Gasteiger partial charge >= 0.3 is 0 Å². The highest BCUT2D eigenvalue weighted by Crippen LogP contribution is 2.13. The molecule has 114 valence electrons.